The van der Waals surface area contributed by atoms with E-state index in [1.54, 1.807) is 5.38 Å². The Morgan fingerprint density at radius 2 is 2.50 bits per heavy atom. The molecule has 0 bridgehead atoms. The van der Waals surface area contributed by atoms with E-state index in [2.05, 4.69) is 0 Å². The highest BCUT2D eigenvalue weighted by atomic mass is 32.1. The van der Waals surface area contributed by atoms with Gasteiger partial charge in [0, 0.05) is 12.4 Å². The maximum Gasteiger partial charge on any atom is 0.348 e. The molecule has 4 nitrogen and oxygen atoms in total. The molecule has 1 atom stereocenters. The summed E-state index contributed by atoms with van der Waals surface area (Å²) in [6.07, 6.45) is 0.115. The molecule has 0 radical (unpaired) electrons. The minimum Gasteiger partial charge on any atom is -0.486 e. The van der Waals surface area contributed by atoms with Crippen LogP contribution >= 0.6 is 11.3 Å². The van der Waals surface area contributed by atoms with Gasteiger partial charge in [-0.2, -0.15) is 0 Å². The van der Waals surface area contributed by atoms with E-state index in [0.29, 0.717) is 16.3 Å². The molecule has 1 aromatic heterocycles. The van der Waals surface area contributed by atoms with E-state index in [0.717, 1.165) is 6.54 Å². The number of aromatic carboxylic acids is 1. The minimum atomic E-state index is -0.888. The third-order valence-corrected chi connectivity index (χ3v) is 3.10. The van der Waals surface area contributed by atoms with Crippen LogP contribution in [0.15, 0.2) is 5.38 Å². The van der Waals surface area contributed by atoms with Crippen molar-refractivity contribution in [2.75, 3.05) is 18.5 Å². The number of nitrogens with zero attached hydrogens (tertiary/aromatic N) is 1. The van der Waals surface area contributed by atoms with Crippen LogP contribution in [-0.4, -0.2) is 30.8 Å². The zero-order valence-corrected chi connectivity index (χ0v) is 8.80. The van der Waals surface area contributed by atoms with E-state index < -0.39 is 5.97 Å². The van der Waals surface area contributed by atoms with Crippen LogP contribution in [-0.2, 0) is 0 Å². The Morgan fingerprint density at radius 1 is 1.79 bits per heavy atom. The monoisotopic (exact) mass is 213 g/mol. The molecule has 76 valence electrons. The topological polar surface area (TPSA) is 49.8 Å². The van der Waals surface area contributed by atoms with Gasteiger partial charge in [0.2, 0.25) is 0 Å². The van der Waals surface area contributed by atoms with Crippen molar-refractivity contribution >= 4 is 23.0 Å². The fourth-order valence-corrected chi connectivity index (χ4v) is 2.52. The molecule has 1 aromatic rings. The molecule has 0 spiro atoms. The highest BCUT2D eigenvalue weighted by molar-refractivity contribution is 7.13. The standard InChI is InChI=1S/C9H11NO3S/c1-5-3-10(2)7-6(13-5)4-14-8(7)9(11)12/h4-5H,3H2,1-2H3,(H,11,12). The van der Waals surface area contributed by atoms with Crippen molar-refractivity contribution in [2.45, 2.75) is 13.0 Å². The summed E-state index contributed by atoms with van der Waals surface area (Å²) in [5, 5.41) is 10.7. The highest BCUT2D eigenvalue weighted by Gasteiger charge is 2.27. The van der Waals surface area contributed by atoms with Crippen molar-refractivity contribution in [3.63, 3.8) is 0 Å². The summed E-state index contributed by atoms with van der Waals surface area (Å²) in [5.74, 6) is -0.199. The zero-order chi connectivity index (χ0) is 10.3. The highest BCUT2D eigenvalue weighted by Crippen LogP contribution is 2.40. The van der Waals surface area contributed by atoms with Crippen molar-refractivity contribution in [1.29, 1.82) is 0 Å². The van der Waals surface area contributed by atoms with Gasteiger partial charge in [0.05, 0.1) is 6.54 Å². The maximum atomic E-state index is 10.9. The van der Waals surface area contributed by atoms with Gasteiger partial charge in [-0.1, -0.05) is 0 Å². The first kappa shape index (κ1) is 9.33. The molecule has 2 heterocycles. The molecule has 2 rings (SSSR count). The second-order valence-corrected chi connectivity index (χ2v) is 4.27. The summed E-state index contributed by atoms with van der Waals surface area (Å²) in [6, 6.07) is 0. The molecule has 0 aliphatic carbocycles. The summed E-state index contributed by atoms with van der Waals surface area (Å²) >= 11 is 1.21. The molecule has 1 aliphatic rings. The number of carboxylic acid groups (broad SMARTS) is 1. The fourth-order valence-electron chi connectivity index (χ4n) is 1.66. The lowest BCUT2D eigenvalue weighted by Crippen LogP contribution is -2.35. The van der Waals surface area contributed by atoms with Gasteiger partial charge in [0.25, 0.3) is 0 Å². The second kappa shape index (κ2) is 3.16. The van der Waals surface area contributed by atoms with Gasteiger partial charge in [0.15, 0.2) is 5.75 Å². The van der Waals surface area contributed by atoms with E-state index in [1.807, 2.05) is 18.9 Å². The van der Waals surface area contributed by atoms with Crippen molar-refractivity contribution < 1.29 is 14.6 Å². The first-order chi connectivity index (χ1) is 6.59. The molecule has 1 aliphatic heterocycles. The predicted molar refractivity (Wildman–Crippen MR) is 54.6 cm³/mol. The molecular formula is C9H11NO3S. The zero-order valence-electron chi connectivity index (χ0n) is 7.98. The van der Waals surface area contributed by atoms with Crippen molar-refractivity contribution in [3.05, 3.63) is 10.3 Å². The number of carbonyl (C=O) groups is 1. The van der Waals surface area contributed by atoms with Crippen molar-refractivity contribution in [2.24, 2.45) is 0 Å². The molecular weight excluding hydrogens is 202 g/mol. The van der Waals surface area contributed by atoms with E-state index >= 15 is 0 Å². The molecule has 1 N–H and O–H groups in total. The second-order valence-electron chi connectivity index (χ2n) is 3.39. The van der Waals surface area contributed by atoms with E-state index in [9.17, 15) is 4.79 Å². The summed E-state index contributed by atoms with van der Waals surface area (Å²) in [7, 11) is 1.89. The molecule has 0 saturated carbocycles. The van der Waals surface area contributed by atoms with Crippen LogP contribution in [0.25, 0.3) is 0 Å². The van der Waals surface area contributed by atoms with Gasteiger partial charge in [-0.15, -0.1) is 11.3 Å². The van der Waals surface area contributed by atoms with Gasteiger partial charge in [-0.3, -0.25) is 0 Å². The molecule has 5 heteroatoms. The number of hydrogen-bond donors (Lipinski definition) is 1. The van der Waals surface area contributed by atoms with E-state index in [-0.39, 0.29) is 6.10 Å². The van der Waals surface area contributed by atoms with Crippen molar-refractivity contribution in [3.8, 4) is 5.75 Å². The smallest absolute Gasteiger partial charge is 0.348 e. The van der Waals surface area contributed by atoms with Crippen molar-refractivity contribution in [1.82, 2.24) is 0 Å². The number of hydrogen-bond acceptors (Lipinski definition) is 4. The quantitative estimate of drug-likeness (QED) is 0.770. The lowest BCUT2D eigenvalue weighted by Gasteiger charge is -2.30. The first-order valence-electron chi connectivity index (χ1n) is 4.32. The van der Waals surface area contributed by atoms with Gasteiger partial charge in [-0.05, 0) is 6.92 Å². The third-order valence-electron chi connectivity index (χ3n) is 2.17. The Morgan fingerprint density at radius 3 is 3.14 bits per heavy atom. The van der Waals surface area contributed by atoms with Crippen LogP contribution in [0, 0.1) is 0 Å². The van der Waals surface area contributed by atoms with Crippen LogP contribution in [0.3, 0.4) is 0 Å². The summed E-state index contributed by atoms with van der Waals surface area (Å²) in [6.45, 7) is 2.70. The van der Waals surface area contributed by atoms with Gasteiger partial charge < -0.3 is 14.7 Å². The molecule has 0 aromatic carbocycles. The van der Waals surface area contributed by atoms with E-state index in [4.69, 9.17) is 9.84 Å². The minimum absolute atomic E-state index is 0.115. The SMILES string of the molecule is CC1CN(C)c2c(csc2C(=O)O)O1. The van der Waals surface area contributed by atoms with Gasteiger partial charge in [-0.25, -0.2) is 4.79 Å². The predicted octanol–water partition coefficient (Wildman–Crippen LogP) is 1.66. The first-order valence-corrected chi connectivity index (χ1v) is 5.20. The Hall–Kier alpha value is -1.23. The fraction of sp³-hybridized carbons (Fsp3) is 0.444. The number of anilines is 1. The largest absolute Gasteiger partial charge is 0.486 e. The van der Waals surface area contributed by atoms with Crippen LogP contribution in [0.4, 0.5) is 5.69 Å². The Balaban J connectivity index is 2.46. The van der Waals surface area contributed by atoms with Gasteiger partial charge >= 0.3 is 5.97 Å². The Bertz CT molecular complexity index is 374. The number of carboxylic acids is 1. The Kier molecular flexibility index (Phi) is 2.11. The number of rotatable bonds is 1. The lowest BCUT2D eigenvalue weighted by atomic mass is 10.2. The molecule has 1 unspecified atom stereocenters. The van der Waals surface area contributed by atoms with Crippen LogP contribution < -0.4 is 9.64 Å². The summed E-state index contributed by atoms with van der Waals surface area (Å²) < 4.78 is 5.54. The van der Waals surface area contributed by atoms with Crippen LogP contribution in [0.2, 0.25) is 0 Å². The normalized spacial score (nSPS) is 20.1. The molecule has 0 amide bonds. The molecule has 0 saturated heterocycles. The maximum absolute atomic E-state index is 10.9. The lowest BCUT2D eigenvalue weighted by molar-refractivity contribution is 0.0701. The summed E-state index contributed by atoms with van der Waals surface area (Å²) in [5.41, 5.74) is 0.709. The van der Waals surface area contributed by atoms with Crippen LogP contribution in [0.1, 0.15) is 16.6 Å². The third kappa shape index (κ3) is 1.33. The summed E-state index contributed by atoms with van der Waals surface area (Å²) in [4.78, 5) is 13.2. The molecule has 14 heavy (non-hydrogen) atoms. The van der Waals surface area contributed by atoms with Crippen LogP contribution in [0.5, 0.6) is 5.75 Å². The number of thiophene rings is 1. The van der Waals surface area contributed by atoms with Gasteiger partial charge in [0.1, 0.15) is 16.7 Å². The average Bonchev–Trinajstić information content (AvgIpc) is 2.47. The Labute approximate surface area is 85.7 Å². The molecule has 0 fully saturated rings. The number of ether oxygens (including phenoxy) is 1. The number of fused-ring (bicyclic) bond motifs is 1. The van der Waals surface area contributed by atoms with E-state index in [1.165, 1.54) is 11.3 Å². The average molecular weight is 213 g/mol. The number of likely N-dealkylation sites (N-methyl/N-ethyl adjacent to an activating group) is 1.